The van der Waals surface area contributed by atoms with Gasteiger partial charge in [-0.25, -0.2) is 0 Å². The predicted molar refractivity (Wildman–Crippen MR) is 89.0 cm³/mol. The monoisotopic (exact) mass is 338 g/mol. The second-order valence-corrected chi connectivity index (χ2v) is 6.23. The minimum Gasteiger partial charge on any atom is -0.356 e. The van der Waals surface area contributed by atoms with E-state index in [4.69, 9.17) is 4.52 Å². The Morgan fingerprint density at radius 1 is 1.16 bits per heavy atom. The van der Waals surface area contributed by atoms with Gasteiger partial charge in [0.05, 0.1) is 30.1 Å². The lowest BCUT2D eigenvalue weighted by Crippen LogP contribution is -2.30. The lowest BCUT2D eigenvalue weighted by atomic mass is 9.91. The van der Waals surface area contributed by atoms with Crippen LogP contribution < -0.4 is 0 Å². The number of fused-ring (bicyclic) bond motifs is 1. The van der Waals surface area contributed by atoms with Gasteiger partial charge >= 0.3 is 0 Å². The molecular formula is C18H18N4O3. The van der Waals surface area contributed by atoms with Crippen molar-refractivity contribution >= 4 is 11.8 Å². The third-order valence-electron chi connectivity index (χ3n) is 4.78. The molecule has 3 heterocycles. The van der Waals surface area contributed by atoms with E-state index < -0.39 is 11.8 Å². The molecular weight excluding hydrogens is 320 g/mol. The summed E-state index contributed by atoms with van der Waals surface area (Å²) in [5.74, 6) is -0.573. The summed E-state index contributed by atoms with van der Waals surface area (Å²) < 4.78 is 7.28. The van der Waals surface area contributed by atoms with E-state index in [0.717, 1.165) is 17.8 Å². The number of nitrogens with zero attached hydrogens (tertiary/aromatic N) is 4. The highest BCUT2D eigenvalue weighted by atomic mass is 16.5. The fraction of sp³-hybridized carbons (Fsp3) is 0.333. The van der Waals surface area contributed by atoms with E-state index in [1.807, 2.05) is 18.5 Å². The van der Waals surface area contributed by atoms with Gasteiger partial charge in [0.1, 0.15) is 5.69 Å². The van der Waals surface area contributed by atoms with E-state index >= 15 is 0 Å². The van der Waals surface area contributed by atoms with E-state index in [1.165, 1.54) is 4.90 Å². The zero-order valence-corrected chi connectivity index (χ0v) is 14.0. The highest BCUT2D eigenvalue weighted by Gasteiger charge is 2.45. The van der Waals surface area contributed by atoms with Crippen molar-refractivity contribution in [2.75, 3.05) is 0 Å². The first-order valence-electron chi connectivity index (χ1n) is 8.28. The molecule has 7 nitrogen and oxygen atoms in total. The van der Waals surface area contributed by atoms with Crippen LogP contribution in [0.15, 0.2) is 41.1 Å². The Balaban J connectivity index is 1.56. The van der Waals surface area contributed by atoms with Gasteiger partial charge in [-0.05, 0) is 13.8 Å². The molecule has 25 heavy (non-hydrogen) atoms. The summed E-state index contributed by atoms with van der Waals surface area (Å²) in [5.41, 5.74) is 2.39. The molecule has 0 N–H and O–H groups in total. The predicted octanol–water partition coefficient (Wildman–Crippen LogP) is 2.09. The van der Waals surface area contributed by atoms with E-state index in [-0.39, 0.29) is 18.4 Å². The maximum atomic E-state index is 12.5. The van der Waals surface area contributed by atoms with Gasteiger partial charge in [0.15, 0.2) is 5.76 Å². The number of rotatable bonds is 4. The summed E-state index contributed by atoms with van der Waals surface area (Å²) in [7, 11) is 0. The first kappa shape index (κ1) is 15.6. The van der Waals surface area contributed by atoms with Gasteiger partial charge < -0.3 is 4.52 Å². The van der Waals surface area contributed by atoms with Crippen molar-refractivity contribution < 1.29 is 14.1 Å². The third kappa shape index (κ3) is 2.43. The Morgan fingerprint density at radius 3 is 2.44 bits per heavy atom. The Hall–Kier alpha value is -2.96. The topological polar surface area (TPSA) is 81.2 Å². The molecule has 0 radical (unpaired) electrons. The molecule has 2 amide bonds. The van der Waals surface area contributed by atoms with Gasteiger partial charge in [0.2, 0.25) is 11.8 Å². The number of amides is 2. The van der Waals surface area contributed by atoms with Crippen LogP contribution in [-0.2, 0) is 22.7 Å². The molecule has 2 aromatic rings. The number of aryl methyl sites for hydroxylation is 1. The number of hydrogen-bond acceptors (Lipinski definition) is 5. The number of carbonyl (C=O) groups is 2. The van der Waals surface area contributed by atoms with Crippen molar-refractivity contribution in [3.63, 3.8) is 0 Å². The van der Waals surface area contributed by atoms with E-state index in [9.17, 15) is 9.59 Å². The van der Waals surface area contributed by atoms with Gasteiger partial charge in [-0.3, -0.25) is 19.2 Å². The Kier molecular flexibility index (Phi) is 3.63. The Labute approximate surface area is 144 Å². The molecule has 1 aliphatic heterocycles. The van der Waals surface area contributed by atoms with Gasteiger partial charge in [-0.1, -0.05) is 29.5 Å². The molecule has 7 heteroatoms. The fourth-order valence-electron chi connectivity index (χ4n) is 3.39. The maximum absolute atomic E-state index is 12.5. The number of allylic oxidation sites excluding steroid dienone is 2. The highest BCUT2D eigenvalue weighted by Crippen LogP contribution is 2.32. The van der Waals surface area contributed by atoms with Crippen LogP contribution in [0.5, 0.6) is 0 Å². The number of aromatic nitrogens is 3. The largest absolute Gasteiger partial charge is 0.356 e. The Bertz CT molecular complexity index is 875. The zero-order chi connectivity index (χ0) is 17.6. The van der Waals surface area contributed by atoms with Crippen molar-refractivity contribution in [2.24, 2.45) is 11.8 Å². The molecule has 0 spiro atoms. The van der Waals surface area contributed by atoms with Crippen LogP contribution in [0.1, 0.15) is 18.3 Å². The lowest BCUT2D eigenvalue weighted by Gasteiger charge is -2.11. The average molecular weight is 338 g/mol. The normalized spacial score (nSPS) is 22.1. The zero-order valence-electron chi connectivity index (χ0n) is 14.0. The van der Waals surface area contributed by atoms with Crippen LogP contribution in [0.2, 0.25) is 0 Å². The number of likely N-dealkylation sites (tertiary alicyclic amines) is 1. The molecule has 0 aromatic carbocycles. The van der Waals surface area contributed by atoms with Gasteiger partial charge in [0, 0.05) is 18.3 Å². The van der Waals surface area contributed by atoms with E-state index in [2.05, 4.69) is 10.3 Å². The quantitative estimate of drug-likeness (QED) is 0.798. The maximum Gasteiger partial charge on any atom is 0.237 e. The van der Waals surface area contributed by atoms with Crippen LogP contribution in [0.25, 0.3) is 11.3 Å². The van der Waals surface area contributed by atoms with Crippen LogP contribution >= 0.6 is 0 Å². The second-order valence-electron chi connectivity index (χ2n) is 6.23. The van der Waals surface area contributed by atoms with Crippen LogP contribution in [0, 0.1) is 18.8 Å². The first-order valence-corrected chi connectivity index (χ1v) is 8.28. The molecule has 2 unspecified atom stereocenters. The van der Waals surface area contributed by atoms with Crippen LogP contribution in [0.4, 0.5) is 0 Å². The van der Waals surface area contributed by atoms with Crippen molar-refractivity contribution in [1.82, 2.24) is 19.8 Å². The van der Waals surface area contributed by atoms with E-state index in [0.29, 0.717) is 11.5 Å². The molecule has 2 aromatic heterocycles. The standard InChI is InChI=1S/C18H18N4O3/c1-3-22-11(2)15(9-19-22)16-8-12(20-25-16)10-21-17(23)13-6-4-5-7-14(13)18(21)24/h4-9,13-14H,3,10H2,1-2H3. The summed E-state index contributed by atoms with van der Waals surface area (Å²) in [4.78, 5) is 26.2. The minimum absolute atomic E-state index is 0.122. The molecule has 4 rings (SSSR count). The number of hydrogen-bond donors (Lipinski definition) is 0. The highest BCUT2D eigenvalue weighted by molar-refractivity contribution is 6.07. The lowest BCUT2D eigenvalue weighted by molar-refractivity contribution is -0.140. The summed E-state index contributed by atoms with van der Waals surface area (Å²) >= 11 is 0. The van der Waals surface area contributed by atoms with Crippen molar-refractivity contribution in [3.05, 3.63) is 48.0 Å². The molecule has 0 bridgehead atoms. The van der Waals surface area contributed by atoms with Gasteiger partial charge in [-0.15, -0.1) is 0 Å². The molecule has 1 aliphatic carbocycles. The molecule has 0 saturated carbocycles. The SMILES string of the molecule is CCn1ncc(-c2cc(CN3C(=O)C4C=CC=CC4C3=O)no2)c1C. The van der Waals surface area contributed by atoms with Crippen LogP contribution in [-0.4, -0.2) is 31.7 Å². The fourth-order valence-corrected chi connectivity index (χ4v) is 3.39. The summed E-state index contributed by atoms with van der Waals surface area (Å²) in [6, 6.07) is 1.76. The molecule has 1 saturated heterocycles. The number of carbonyl (C=O) groups excluding carboxylic acids is 2. The van der Waals surface area contributed by atoms with Gasteiger partial charge in [0.25, 0.3) is 0 Å². The smallest absolute Gasteiger partial charge is 0.237 e. The molecule has 128 valence electrons. The Morgan fingerprint density at radius 2 is 1.84 bits per heavy atom. The summed E-state index contributed by atoms with van der Waals surface area (Å²) in [5, 5.41) is 8.32. The van der Waals surface area contributed by atoms with Crippen molar-refractivity contribution in [1.29, 1.82) is 0 Å². The molecule has 1 fully saturated rings. The van der Waals surface area contributed by atoms with Crippen molar-refractivity contribution in [2.45, 2.75) is 26.9 Å². The third-order valence-corrected chi connectivity index (χ3v) is 4.78. The minimum atomic E-state index is -0.395. The second kappa shape index (κ2) is 5.84. The average Bonchev–Trinajstić information content (AvgIpc) is 3.29. The summed E-state index contributed by atoms with van der Waals surface area (Å²) in [6.07, 6.45) is 8.90. The van der Waals surface area contributed by atoms with Crippen LogP contribution in [0.3, 0.4) is 0 Å². The molecule has 2 atom stereocenters. The summed E-state index contributed by atoms with van der Waals surface area (Å²) in [6.45, 7) is 4.87. The molecule has 2 aliphatic rings. The first-order chi connectivity index (χ1) is 12.1. The van der Waals surface area contributed by atoms with Crippen molar-refractivity contribution in [3.8, 4) is 11.3 Å². The van der Waals surface area contributed by atoms with E-state index in [1.54, 1.807) is 36.6 Å². The van der Waals surface area contributed by atoms with Gasteiger partial charge in [-0.2, -0.15) is 5.10 Å². The number of imide groups is 1.